The summed E-state index contributed by atoms with van der Waals surface area (Å²) in [6.45, 7) is 0.486. The minimum atomic E-state index is -4.00. The van der Waals surface area contributed by atoms with E-state index in [4.69, 9.17) is 5.73 Å². The van der Waals surface area contributed by atoms with Gasteiger partial charge in [0.15, 0.2) is 0 Å². The number of nitrogens with two attached hydrogens (primary N) is 1. The van der Waals surface area contributed by atoms with Crippen LogP contribution in [0, 0.1) is 11.6 Å². The molecule has 1 aromatic carbocycles. The fraction of sp³-hybridized carbons (Fsp3) is 0.400. The van der Waals surface area contributed by atoms with Crippen LogP contribution in [0.25, 0.3) is 0 Å². The lowest BCUT2D eigenvalue weighted by atomic mass is 10.3. The van der Waals surface area contributed by atoms with Crippen molar-refractivity contribution in [3.8, 4) is 0 Å². The minimum Gasteiger partial charge on any atom is -0.330 e. The Balaban J connectivity index is 3.08. The monoisotopic (exact) mass is 264 g/mol. The fourth-order valence-electron chi connectivity index (χ4n) is 1.28. The normalized spacial score (nSPS) is 12.1. The molecule has 4 nitrogen and oxygen atoms in total. The largest absolute Gasteiger partial charge is 0.330 e. The summed E-state index contributed by atoms with van der Waals surface area (Å²) >= 11 is 0. The van der Waals surface area contributed by atoms with Crippen LogP contribution < -0.4 is 5.73 Å². The van der Waals surface area contributed by atoms with Gasteiger partial charge in [0.25, 0.3) is 0 Å². The van der Waals surface area contributed by atoms with E-state index in [1.807, 2.05) is 0 Å². The number of hydrogen-bond donors (Lipinski definition) is 1. The number of sulfonamides is 1. The lowest BCUT2D eigenvalue weighted by Crippen LogP contribution is -2.29. The highest BCUT2D eigenvalue weighted by Crippen LogP contribution is 2.19. The highest BCUT2D eigenvalue weighted by atomic mass is 32.2. The van der Waals surface area contributed by atoms with Gasteiger partial charge in [0.1, 0.15) is 16.5 Å². The Labute approximate surface area is 99.1 Å². The van der Waals surface area contributed by atoms with Crippen LogP contribution in [-0.2, 0) is 10.0 Å². The van der Waals surface area contributed by atoms with Gasteiger partial charge in [-0.05, 0) is 31.2 Å². The maximum Gasteiger partial charge on any atom is 0.245 e. The average Bonchev–Trinajstić information content (AvgIpc) is 2.28. The van der Waals surface area contributed by atoms with Crippen LogP contribution in [0.1, 0.15) is 6.42 Å². The van der Waals surface area contributed by atoms with Crippen LogP contribution in [0.3, 0.4) is 0 Å². The van der Waals surface area contributed by atoms with Crippen LogP contribution in [0.15, 0.2) is 23.1 Å². The molecular formula is C10H14F2N2O2S. The van der Waals surface area contributed by atoms with E-state index in [1.165, 1.54) is 7.05 Å². The maximum absolute atomic E-state index is 13.4. The average molecular weight is 264 g/mol. The van der Waals surface area contributed by atoms with Gasteiger partial charge in [0.05, 0.1) is 0 Å². The third kappa shape index (κ3) is 3.21. The molecule has 7 heteroatoms. The van der Waals surface area contributed by atoms with Gasteiger partial charge in [0.2, 0.25) is 10.0 Å². The second kappa shape index (κ2) is 5.52. The van der Waals surface area contributed by atoms with Crippen molar-refractivity contribution in [3.05, 3.63) is 29.8 Å². The fourth-order valence-corrected chi connectivity index (χ4v) is 2.56. The second-order valence-corrected chi connectivity index (χ2v) is 5.56. The standard InChI is InChI=1S/C10H14F2N2O2S/c1-14(6-2-5-13)17(15,16)10-7-8(11)3-4-9(10)12/h3-4,7H,2,5-6,13H2,1H3. The lowest BCUT2D eigenvalue weighted by molar-refractivity contribution is 0.456. The van der Waals surface area contributed by atoms with E-state index >= 15 is 0 Å². The number of rotatable bonds is 5. The molecule has 0 aliphatic rings. The van der Waals surface area contributed by atoms with Crippen LogP contribution >= 0.6 is 0 Å². The molecule has 0 aliphatic heterocycles. The Morgan fingerprint density at radius 2 is 2.00 bits per heavy atom. The van der Waals surface area contributed by atoms with E-state index in [2.05, 4.69) is 0 Å². The zero-order chi connectivity index (χ0) is 13.1. The van der Waals surface area contributed by atoms with Crippen molar-refractivity contribution in [3.63, 3.8) is 0 Å². The van der Waals surface area contributed by atoms with Crippen LogP contribution in [0.4, 0.5) is 8.78 Å². The van der Waals surface area contributed by atoms with Crippen LogP contribution in [-0.4, -0.2) is 32.9 Å². The third-order valence-corrected chi connectivity index (χ3v) is 4.13. The molecule has 96 valence electrons. The molecule has 0 amide bonds. The summed E-state index contributed by atoms with van der Waals surface area (Å²) in [4.78, 5) is -0.656. The van der Waals surface area contributed by atoms with Gasteiger partial charge in [-0.15, -0.1) is 0 Å². The molecule has 0 aromatic heterocycles. The van der Waals surface area contributed by atoms with Crippen molar-refractivity contribution in [2.75, 3.05) is 20.1 Å². The molecule has 0 fully saturated rings. The summed E-state index contributed by atoms with van der Waals surface area (Å²) in [7, 11) is -2.70. The summed E-state index contributed by atoms with van der Waals surface area (Å²) in [6.07, 6.45) is 0.451. The third-order valence-electron chi connectivity index (χ3n) is 2.26. The predicted octanol–water partition coefficient (Wildman–Crippen LogP) is 0.934. The van der Waals surface area contributed by atoms with E-state index in [-0.39, 0.29) is 6.54 Å². The minimum absolute atomic E-state index is 0.161. The van der Waals surface area contributed by atoms with Crippen molar-refractivity contribution in [1.29, 1.82) is 0 Å². The predicted molar refractivity (Wildman–Crippen MR) is 59.8 cm³/mol. The summed E-state index contributed by atoms with van der Waals surface area (Å²) in [5.41, 5.74) is 5.26. The molecule has 0 radical (unpaired) electrons. The number of halogens is 2. The zero-order valence-corrected chi connectivity index (χ0v) is 10.2. The molecule has 17 heavy (non-hydrogen) atoms. The number of hydrogen-bond acceptors (Lipinski definition) is 3. The van der Waals surface area contributed by atoms with Gasteiger partial charge in [-0.3, -0.25) is 0 Å². The van der Waals surface area contributed by atoms with Gasteiger partial charge in [0, 0.05) is 13.6 Å². The molecule has 0 saturated heterocycles. The smallest absolute Gasteiger partial charge is 0.245 e. The first-order valence-electron chi connectivity index (χ1n) is 5.01. The molecule has 0 bridgehead atoms. The Bertz CT molecular complexity index is 491. The summed E-state index contributed by atoms with van der Waals surface area (Å²) in [5.74, 6) is -1.76. The van der Waals surface area contributed by atoms with Crippen molar-refractivity contribution in [2.24, 2.45) is 5.73 Å². The van der Waals surface area contributed by atoms with Crippen molar-refractivity contribution in [1.82, 2.24) is 4.31 Å². The van der Waals surface area contributed by atoms with E-state index in [9.17, 15) is 17.2 Å². The van der Waals surface area contributed by atoms with Crippen LogP contribution in [0.5, 0.6) is 0 Å². The van der Waals surface area contributed by atoms with Crippen LogP contribution in [0.2, 0.25) is 0 Å². The molecule has 0 heterocycles. The highest BCUT2D eigenvalue weighted by molar-refractivity contribution is 7.89. The molecule has 0 saturated carbocycles. The zero-order valence-electron chi connectivity index (χ0n) is 9.36. The summed E-state index contributed by atoms with van der Waals surface area (Å²) in [6, 6.07) is 2.33. The SMILES string of the molecule is CN(CCCN)S(=O)(=O)c1cc(F)ccc1F. The Morgan fingerprint density at radius 3 is 2.59 bits per heavy atom. The first-order chi connectivity index (χ1) is 7.89. The topological polar surface area (TPSA) is 63.4 Å². The van der Waals surface area contributed by atoms with E-state index < -0.39 is 26.6 Å². The quantitative estimate of drug-likeness (QED) is 0.860. The first-order valence-corrected chi connectivity index (χ1v) is 6.45. The first kappa shape index (κ1) is 14.0. The molecule has 0 atom stereocenters. The second-order valence-electron chi connectivity index (χ2n) is 3.54. The number of benzene rings is 1. The van der Waals surface area contributed by atoms with E-state index in [0.717, 1.165) is 16.4 Å². The van der Waals surface area contributed by atoms with Gasteiger partial charge >= 0.3 is 0 Å². The number of nitrogens with zero attached hydrogens (tertiary/aromatic N) is 1. The van der Waals surface area contributed by atoms with E-state index in [0.29, 0.717) is 19.0 Å². The molecule has 0 spiro atoms. The Kier molecular flexibility index (Phi) is 4.55. The van der Waals surface area contributed by atoms with Crippen molar-refractivity contribution >= 4 is 10.0 Å². The van der Waals surface area contributed by atoms with Gasteiger partial charge in [-0.25, -0.2) is 21.5 Å². The summed E-state index contributed by atoms with van der Waals surface area (Å²) < 4.78 is 51.0. The highest BCUT2D eigenvalue weighted by Gasteiger charge is 2.24. The Morgan fingerprint density at radius 1 is 1.35 bits per heavy atom. The van der Waals surface area contributed by atoms with E-state index in [1.54, 1.807) is 0 Å². The molecule has 1 aromatic rings. The van der Waals surface area contributed by atoms with Crippen molar-refractivity contribution < 1.29 is 17.2 Å². The lowest BCUT2D eigenvalue weighted by Gasteiger charge is -2.17. The van der Waals surface area contributed by atoms with Crippen molar-refractivity contribution in [2.45, 2.75) is 11.3 Å². The molecule has 0 aliphatic carbocycles. The molecule has 0 unspecified atom stereocenters. The summed E-state index contributed by atoms with van der Waals surface area (Å²) in [5, 5.41) is 0. The Hall–Kier alpha value is -1.05. The maximum atomic E-state index is 13.4. The van der Waals surface area contributed by atoms with Gasteiger partial charge < -0.3 is 5.73 Å². The molecule has 2 N–H and O–H groups in total. The molecular weight excluding hydrogens is 250 g/mol. The van der Waals surface area contributed by atoms with Gasteiger partial charge in [-0.2, -0.15) is 0 Å². The van der Waals surface area contributed by atoms with Gasteiger partial charge in [-0.1, -0.05) is 0 Å². The molecule has 1 rings (SSSR count).